The highest BCUT2D eigenvalue weighted by molar-refractivity contribution is 7.99. The van der Waals surface area contributed by atoms with Crippen molar-refractivity contribution in [2.75, 3.05) is 11.1 Å². The van der Waals surface area contributed by atoms with E-state index in [0.29, 0.717) is 32.6 Å². The minimum absolute atomic E-state index is 0.155. The molecule has 1 saturated carbocycles. The number of carbonyl (C=O) groups excluding carboxylic acids is 1. The third kappa shape index (κ3) is 4.32. The Balaban J connectivity index is 1.45. The van der Waals surface area contributed by atoms with Crippen LogP contribution in [0.25, 0.3) is 5.69 Å². The summed E-state index contributed by atoms with van der Waals surface area (Å²) in [6.07, 6.45) is 2.24. The molecule has 0 unspecified atom stereocenters. The van der Waals surface area contributed by atoms with Crippen molar-refractivity contribution in [1.29, 1.82) is 0 Å². The number of pyridine rings is 1. The molecule has 1 aliphatic carbocycles. The van der Waals surface area contributed by atoms with Crippen LogP contribution in [0, 0.1) is 6.92 Å². The molecule has 0 atom stereocenters. The Kier molecular flexibility index (Phi) is 5.57. The van der Waals surface area contributed by atoms with E-state index in [1.165, 1.54) is 11.8 Å². The van der Waals surface area contributed by atoms with Crippen molar-refractivity contribution in [3.05, 3.63) is 58.0 Å². The van der Waals surface area contributed by atoms with Gasteiger partial charge in [-0.05, 0) is 38.0 Å². The molecule has 1 aromatic carbocycles. The molecule has 1 aliphatic rings. The van der Waals surface area contributed by atoms with E-state index in [-0.39, 0.29) is 11.7 Å². The highest BCUT2D eigenvalue weighted by Gasteiger charge is 2.30. The zero-order valence-corrected chi connectivity index (χ0v) is 17.4. The summed E-state index contributed by atoms with van der Waals surface area (Å²) in [5, 5.41) is 8.64. The minimum atomic E-state index is -0.231. The monoisotopic (exact) mass is 433 g/mol. The first kappa shape index (κ1) is 19.2. The van der Waals surface area contributed by atoms with Crippen molar-refractivity contribution in [2.45, 2.75) is 30.8 Å². The van der Waals surface area contributed by atoms with Gasteiger partial charge in [0.05, 0.1) is 27.2 Å². The number of aryl methyl sites for hydroxylation is 1. The van der Waals surface area contributed by atoms with Crippen molar-refractivity contribution in [3.63, 3.8) is 0 Å². The molecule has 28 heavy (non-hydrogen) atoms. The Morgan fingerprint density at radius 2 is 1.96 bits per heavy atom. The van der Waals surface area contributed by atoms with E-state index in [1.54, 1.807) is 13.0 Å². The predicted molar refractivity (Wildman–Crippen MR) is 112 cm³/mol. The summed E-state index contributed by atoms with van der Waals surface area (Å²) in [6, 6.07) is 11.5. The number of hydrogen-bond acceptors (Lipinski definition) is 5. The summed E-state index contributed by atoms with van der Waals surface area (Å²) in [5.41, 5.74) is 1.58. The number of carbonyl (C=O) groups is 1. The highest BCUT2D eigenvalue weighted by atomic mass is 35.5. The van der Waals surface area contributed by atoms with Crippen molar-refractivity contribution in [1.82, 2.24) is 19.7 Å². The van der Waals surface area contributed by atoms with E-state index in [4.69, 9.17) is 23.2 Å². The maximum atomic E-state index is 12.3. The third-order valence-corrected chi connectivity index (χ3v) is 5.76. The maximum absolute atomic E-state index is 12.3. The van der Waals surface area contributed by atoms with E-state index in [0.717, 1.165) is 24.4 Å². The van der Waals surface area contributed by atoms with Crippen LogP contribution in [-0.2, 0) is 4.79 Å². The summed E-state index contributed by atoms with van der Waals surface area (Å²) in [5.74, 6) is 1.62. The third-order valence-electron chi connectivity index (χ3n) is 4.25. The van der Waals surface area contributed by atoms with Crippen LogP contribution in [0.15, 0.2) is 41.6 Å². The van der Waals surface area contributed by atoms with Crippen molar-refractivity contribution >= 4 is 46.7 Å². The van der Waals surface area contributed by atoms with Gasteiger partial charge in [0.25, 0.3) is 0 Å². The van der Waals surface area contributed by atoms with Crippen LogP contribution < -0.4 is 5.32 Å². The van der Waals surface area contributed by atoms with Gasteiger partial charge in [-0.1, -0.05) is 53.2 Å². The van der Waals surface area contributed by atoms with E-state index >= 15 is 0 Å². The zero-order chi connectivity index (χ0) is 19.7. The summed E-state index contributed by atoms with van der Waals surface area (Å²) in [6.45, 7) is 1.75. The smallest absolute Gasteiger partial charge is 0.236 e. The number of hydrogen-bond donors (Lipinski definition) is 1. The lowest BCUT2D eigenvalue weighted by molar-refractivity contribution is -0.113. The lowest BCUT2D eigenvalue weighted by Gasteiger charge is -2.07. The second-order valence-corrected chi connectivity index (χ2v) is 8.25. The van der Waals surface area contributed by atoms with Crippen LogP contribution in [0.2, 0.25) is 10.0 Å². The molecular weight excluding hydrogens is 417 g/mol. The molecule has 3 aromatic rings. The molecule has 9 heteroatoms. The molecule has 1 N–H and O–H groups in total. The van der Waals surface area contributed by atoms with Crippen LogP contribution in [0.3, 0.4) is 0 Å². The van der Waals surface area contributed by atoms with Crippen LogP contribution >= 0.6 is 35.0 Å². The first-order valence-electron chi connectivity index (χ1n) is 8.79. The van der Waals surface area contributed by atoms with E-state index in [1.807, 2.05) is 35.0 Å². The summed E-state index contributed by atoms with van der Waals surface area (Å²) < 4.78 is 1.87. The fourth-order valence-corrected chi connectivity index (χ4v) is 3.71. The topological polar surface area (TPSA) is 72.7 Å². The van der Waals surface area contributed by atoms with Crippen LogP contribution in [0.5, 0.6) is 0 Å². The molecule has 0 saturated heterocycles. The molecule has 2 aromatic heterocycles. The lowest BCUT2D eigenvalue weighted by Crippen LogP contribution is -2.16. The van der Waals surface area contributed by atoms with E-state index < -0.39 is 0 Å². The second-order valence-electron chi connectivity index (χ2n) is 6.50. The molecule has 1 fully saturated rings. The summed E-state index contributed by atoms with van der Waals surface area (Å²) >= 11 is 13.4. The van der Waals surface area contributed by atoms with Crippen molar-refractivity contribution < 1.29 is 4.79 Å². The van der Waals surface area contributed by atoms with Gasteiger partial charge in [-0.3, -0.25) is 4.79 Å². The standard InChI is InChI=1S/C19H17Cl2N5OS/c1-11-14(20)9-15(21)17(22-11)23-16(27)10-28-19-24-18(12-7-8-12)26(25-19)13-5-3-2-4-6-13/h2-6,9,12H,7-8,10H2,1H3,(H,22,23,27). The summed E-state index contributed by atoms with van der Waals surface area (Å²) in [7, 11) is 0. The number of amides is 1. The predicted octanol–water partition coefficient (Wildman–Crippen LogP) is 4.89. The Bertz CT molecular complexity index is 1020. The maximum Gasteiger partial charge on any atom is 0.236 e. The lowest BCUT2D eigenvalue weighted by atomic mass is 10.3. The molecule has 0 spiro atoms. The number of rotatable bonds is 6. The van der Waals surface area contributed by atoms with Gasteiger partial charge in [-0.25, -0.2) is 14.6 Å². The van der Waals surface area contributed by atoms with E-state index in [2.05, 4.69) is 20.4 Å². The normalized spacial score (nSPS) is 13.5. The Morgan fingerprint density at radius 1 is 1.21 bits per heavy atom. The molecule has 1 amide bonds. The Labute approximate surface area is 176 Å². The van der Waals surface area contributed by atoms with E-state index in [9.17, 15) is 4.79 Å². The van der Waals surface area contributed by atoms with Crippen molar-refractivity contribution in [2.24, 2.45) is 0 Å². The van der Waals surface area contributed by atoms with Gasteiger partial charge in [-0.2, -0.15) is 0 Å². The fourth-order valence-electron chi connectivity index (χ4n) is 2.68. The molecule has 0 radical (unpaired) electrons. The molecule has 0 bridgehead atoms. The number of thioether (sulfide) groups is 1. The zero-order valence-electron chi connectivity index (χ0n) is 15.0. The number of aromatic nitrogens is 4. The van der Waals surface area contributed by atoms with Crippen LogP contribution in [0.4, 0.5) is 5.82 Å². The van der Waals surface area contributed by atoms with Gasteiger partial charge < -0.3 is 5.32 Å². The molecule has 6 nitrogen and oxygen atoms in total. The average molecular weight is 434 g/mol. The largest absolute Gasteiger partial charge is 0.309 e. The van der Waals surface area contributed by atoms with Crippen LogP contribution in [-0.4, -0.2) is 31.4 Å². The molecule has 144 valence electrons. The number of para-hydroxylation sites is 1. The Hall–Kier alpha value is -2.09. The van der Waals surface area contributed by atoms with Crippen molar-refractivity contribution in [3.8, 4) is 5.69 Å². The van der Waals surface area contributed by atoms with Crippen LogP contribution in [0.1, 0.15) is 30.3 Å². The molecular formula is C19H17Cl2N5OS. The first-order chi connectivity index (χ1) is 13.5. The summed E-state index contributed by atoms with van der Waals surface area (Å²) in [4.78, 5) is 21.2. The number of nitrogens with zero attached hydrogens (tertiary/aromatic N) is 4. The number of nitrogens with one attached hydrogen (secondary N) is 1. The van der Waals surface area contributed by atoms with Gasteiger partial charge in [0, 0.05) is 5.92 Å². The van der Waals surface area contributed by atoms with Gasteiger partial charge in [0.15, 0.2) is 5.82 Å². The quantitative estimate of drug-likeness (QED) is 0.560. The number of benzene rings is 1. The minimum Gasteiger partial charge on any atom is -0.309 e. The number of halogens is 2. The van der Waals surface area contributed by atoms with Gasteiger partial charge >= 0.3 is 0 Å². The van der Waals surface area contributed by atoms with Gasteiger partial charge in [-0.15, -0.1) is 5.10 Å². The fraction of sp³-hybridized carbons (Fsp3) is 0.263. The van der Waals surface area contributed by atoms with Gasteiger partial charge in [0.2, 0.25) is 11.1 Å². The molecule has 0 aliphatic heterocycles. The SMILES string of the molecule is Cc1nc(NC(=O)CSc2nc(C3CC3)n(-c3ccccc3)n2)c(Cl)cc1Cl. The number of anilines is 1. The molecule has 2 heterocycles. The highest BCUT2D eigenvalue weighted by Crippen LogP contribution is 2.40. The average Bonchev–Trinajstić information content (AvgIpc) is 3.44. The molecule has 4 rings (SSSR count). The second kappa shape index (κ2) is 8.11. The first-order valence-corrected chi connectivity index (χ1v) is 10.5. The Morgan fingerprint density at radius 3 is 2.68 bits per heavy atom. The van der Waals surface area contributed by atoms with Gasteiger partial charge in [0.1, 0.15) is 5.82 Å².